The summed E-state index contributed by atoms with van der Waals surface area (Å²) in [5.74, 6) is 0.573. The molecular formula is C19H32FIN4O. The van der Waals surface area contributed by atoms with Gasteiger partial charge in [-0.2, -0.15) is 0 Å². The lowest BCUT2D eigenvalue weighted by Gasteiger charge is -2.41. The topological polar surface area (TPSA) is 48.9 Å². The average molecular weight is 478 g/mol. The molecule has 1 aliphatic heterocycles. The largest absolute Gasteiger partial charge is 0.379 e. The molecule has 0 unspecified atom stereocenters. The summed E-state index contributed by atoms with van der Waals surface area (Å²) in [4.78, 5) is 7.02. The van der Waals surface area contributed by atoms with E-state index in [2.05, 4.69) is 34.4 Å². The van der Waals surface area contributed by atoms with Crippen LogP contribution in [-0.2, 0) is 11.3 Å². The number of ether oxygens (including phenoxy) is 1. The molecule has 1 heterocycles. The predicted octanol–water partition coefficient (Wildman–Crippen LogP) is 2.92. The number of aryl methyl sites for hydroxylation is 1. The molecule has 1 saturated heterocycles. The van der Waals surface area contributed by atoms with Crippen LogP contribution >= 0.6 is 24.0 Å². The van der Waals surface area contributed by atoms with Crippen molar-refractivity contribution < 1.29 is 9.13 Å². The summed E-state index contributed by atoms with van der Waals surface area (Å²) in [6.07, 6.45) is 0. The maximum absolute atomic E-state index is 13.7. The number of nitrogens with zero attached hydrogens (tertiary/aromatic N) is 2. The molecular weight excluding hydrogens is 446 g/mol. The Labute approximate surface area is 173 Å². The maximum Gasteiger partial charge on any atom is 0.191 e. The van der Waals surface area contributed by atoms with E-state index in [-0.39, 0.29) is 35.3 Å². The highest BCUT2D eigenvalue weighted by molar-refractivity contribution is 14.0. The van der Waals surface area contributed by atoms with E-state index in [9.17, 15) is 4.39 Å². The Kier molecular flexibility index (Phi) is 9.81. The first kappa shape index (κ1) is 23.1. The lowest BCUT2D eigenvalue weighted by atomic mass is 10.0. The minimum atomic E-state index is -0.181. The number of hydrogen-bond donors (Lipinski definition) is 2. The van der Waals surface area contributed by atoms with Gasteiger partial charge in [-0.3, -0.25) is 4.90 Å². The molecule has 148 valence electrons. The van der Waals surface area contributed by atoms with Gasteiger partial charge in [0.15, 0.2) is 5.96 Å². The smallest absolute Gasteiger partial charge is 0.191 e. The molecule has 0 aliphatic carbocycles. The predicted molar refractivity (Wildman–Crippen MR) is 116 cm³/mol. The second-order valence-corrected chi connectivity index (χ2v) is 7.04. The number of aliphatic imine (C=N–C) groups is 1. The van der Waals surface area contributed by atoms with Crippen molar-refractivity contribution >= 4 is 29.9 Å². The summed E-state index contributed by atoms with van der Waals surface area (Å²) < 4.78 is 19.1. The first-order valence-electron chi connectivity index (χ1n) is 9.02. The first-order chi connectivity index (χ1) is 11.9. The molecule has 0 bridgehead atoms. The number of guanidine groups is 1. The van der Waals surface area contributed by atoms with Crippen LogP contribution in [0.2, 0.25) is 0 Å². The Hall–Kier alpha value is -0.930. The second-order valence-electron chi connectivity index (χ2n) is 7.04. The maximum atomic E-state index is 13.7. The minimum absolute atomic E-state index is 0. The average Bonchev–Trinajstić information content (AvgIpc) is 2.61. The Morgan fingerprint density at radius 3 is 2.58 bits per heavy atom. The zero-order chi connectivity index (χ0) is 18.3. The molecule has 0 radical (unpaired) electrons. The molecule has 1 aromatic rings. The van der Waals surface area contributed by atoms with Crippen LogP contribution in [0, 0.1) is 12.7 Å². The summed E-state index contributed by atoms with van der Waals surface area (Å²) in [6, 6.07) is 5.27. The fourth-order valence-electron chi connectivity index (χ4n) is 2.83. The third-order valence-corrected chi connectivity index (χ3v) is 4.56. The lowest BCUT2D eigenvalue weighted by molar-refractivity contribution is -0.00834. The first-order valence-corrected chi connectivity index (χ1v) is 9.02. The summed E-state index contributed by atoms with van der Waals surface area (Å²) in [6.45, 7) is 13.7. The van der Waals surface area contributed by atoms with Gasteiger partial charge in [0.2, 0.25) is 0 Å². The molecule has 2 N–H and O–H groups in total. The molecule has 1 aliphatic rings. The molecule has 5 nitrogen and oxygen atoms in total. The van der Waals surface area contributed by atoms with Crippen molar-refractivity contribution in [1.29, 1.82) is 0 Å². The van der Waals surface area contributed by atoms with Crippen LogP contribution in [0.3, 0.4) is 0 Å². The summed E-state index contributed by atoms with van der Waals surface area (Å²) in [7, 11) is 0. The normalized spacial score (nSPS) is 16.1. The van der Waals surface area contributed by atoms with E-state index in [4.69, 9.17) is 4.74 Å². The SMILES string of the molecule is CCNC(=NCc1ccc(C)c(F)c1)NCC(C)(C)N1CCOCC1.I. The van der Waals surface area contributed by atoms with E-state index in [0.29, 0.717) is 12.1 Å². The standard InChI is InChI=1S/C19H31FN4O.HI/c1-5-21-18(22-13-16-7-6-15(2)17(20)12-16)23-14-19(3,4)24-8-10-25-11-9-24;/h6-7,12H,5,8-11,13-14H2,1-4H3,(H2,21,22,23);1H. The number of hydrogen-bond acceptors (Lipinski definition) is 3. The molecule has 0 saturated carbocycles. The van der Waals surface area contributed by atoms with Crippen LogP contribution < -0.4 is 10.6 Å². The van der Waals surface area contributed by atoms with Gasteiger partial charge >= 0.3 is 0 Å². The van der Waals surface area contributed by atoms with Crippen LogP contribution in [0.5, 0.6) is 0 Å². The molecule has 0 amide bonds. The number of rotatable bonds is 6. The Balaban J connectivity index is 0.00000338. The third-order valence-electron chi connectivity index (χ3n) is 4.56. The van der Waals surface area contributed by atoms with Gasteiger partial charge in [0.25, 0.3) is 0 Å². The van der Waals surface area contributed by atoms with Crippen LogP contribution in [0.15, 0.2) is 23.2 Å². The molecule has 26 heavy (non-hydrogen) atoms. The van der Waals surface area contributed by atoms with Crippen LogP contribution in [0.25, 0.3) is 0 Å². The highest BCUT2D eigenvalue weighted by atomic mass is 127. The number of halogens is 2. The van der Waals surface area contributed by atoms with E-state index < -0.39 is 0 Å². The van der Waals surface area contributed by atoms with Gasteiger partial charge in [-0.15, -0.1) is 24.0 Å². The van der Waals surface area contributed by atoms with Crippen molar-refractivity contribution in [2.45, 2.75) is 39.8 Å². The van der Waals surface area contributed by atoms with E-state index in [1.54, 1.807) is 19.1 Å². The van der Waals surface area contributed by atoms with Crippen molar-refractivity contribution in [3.8, 4) is 0 Å². The summed E-state index contributed by atoms with van der Waals surface area (Å²) >= 11 is 0. The molecule has 0 spiro atoms. The van der Waals surface area contributed by atoms with Gasteiger partial charge in [0, 0.05) is 31.7 Å². The van der Waals surface area contributed by atoms with Crippen molar-refractivity contribution in [2.75, 3.05) is 39.4 Å². The number of nitrogens with one attached hydrogen (secondary N) is 2. The fraction of sp³-hybridized carbons (Fsp3) is 0.632. The molecule has 0 atom stereocenters. The Morgan fingerprint density at radius 2 is 1.96 bits per heavy atom. The van der Waals surface area contributed by atoms with Gasteiger partial charge in [0.1, 0.15) is 5.82 Å². The zero-order valence-electron chi connectivity index (χ0n) is 16.3. The van der Waals surface area contributed by atoms with Crippen LogP contribution in [0.4, 0.5) is 4.39 Å². The van der Waals surface area contributed by atoms with Gasteiger partial charge < -0.3 is 15.4 Å². The van der Waals surface area contributed by atoms with E-state index in [0.717, 1.165) is 50.9 Å². The third kappa shape index (κ3) is 7.00. The molecule has 0 aromatic heterocycles. The molecule has 1 fully saturated rings. The van der Waals surface area contributed by atoms with Crippen molar-refractivity contribution in [3.05, 3.63) is 35.1 Å². The minimum Gasteiger partial charge on any atom is -0.379 e. The number of morpholine rings is 1. The molecule has 2 rings (SSSR count). The van der Waals surface area contributed by atoms with Crippen molar-refractivity contribution in [1.82, 2.24) is 15.5 Å². The van der Waals surface area contributed by atoms with Gasteiger partial charge in [0.05, 0.1) is 19.8 Å². The summed E-state index contributed by atoms with van der Waals surface area (Å²) in [5, 5.41) is 6.67. The quantitative estimate of drug-likeness (QED) is 0.375. The van der Waals surface area contributed by atoms with Gasteiger partial charge in [-0.05, 0) is 44.9 Å². The molecule has 7 heteroatoms. The van der Waals surface area contributed by atoms with Gasteiger partial charge in [-0.1, -0.05) is 12.1 Å². The fourth-order valence-corrected chi connectivity index (χ4v) is 2.83. The van der Waals surface area contributed by atoms with E-state index in [1.807, 2.05) is 13.0 Å². The molecule has 1 aromatic carbocycles. The van der Waals surface area contributed by atoms with E-state index in [1.165, 1.54) is 0 Å². The summed E-state index contributed by atoms with van der Waals surface area (Å²) in [5.41, 5.74) is 1.54. The van der Waals surface area contributed by atoms with Crippen molar-refractivity contribution in [2.24, 2.45) is 4.99 Å². The second kappa shape index (κ2) is 11.0. The monoisotopic (exact) mass is 478 g/mol. The van der Waals surface area contributed by atoms with Crippen molar-refractivity contribution in [3.63, 3.8) is 0 Å². The highest BCUT2D eigenvalue weighted by Gasteiger charge is 2.28. The zero-order valence-corrected chi connectivity index (χ0v) is 18.6. The van der Waals surface area contributed by atoms with E-state index >= 15 is 0 Å². The Morgan fingerprint density at radius 1 is 1.27 bits per heavy atom. The Bertz CT molecular complexity index is 589. The number of benzene rings is 1. The van der Waals surface area contributed by atoms with Gasteiger partial charge in [-0.25, -0.2) is 9.38 Å². The lowest BCUT2D eigenvalue weighted by Crippen LogP contribution is -2.56. The highest BCUT2D eigenvalue weighted by Crippen LogP contribution is 2.15. The van der Waals surface area contributed by atoms with Crippen LogP contribution in [-0.4, -0.2) is 55.8 Å². The van der Waals surface area contributed by atoms with Crippen LogP contribution in [0.1, 0.15) is 31.9 Å².